The summed E-state index contributed by atoms with van der Waals surface area (Å²) in [5.74, 6) is 0.464. The van der Waals surface area contributed by atoms with Gasteiger partial charge in [0.1, 0.15) is 30.5 Å². The molecule has 0 radical (unpaired) electrons. The van der Waals surface area contributed by atoms with Crippen molar-refractivity contribution in [1.29, 1.82) is 10.5 Å². The van der Waals surface area contributed by atoms with Crippen LogP contribution in [0.25, 0.3) is 11.1 Å². The van der Waals surface area contributed by atoms with Crippen LogP contribution in [0.4, 0.5) is 5.82 Å². The molecule has 0 saturated carbocycles. The van der Waals surface area contributed by atoms with Crippen molar-refractivity contribution in [3.05, 3.63) is 41.0 Å². The lowest BCUT2D eigenvalue weighted by Crippen LogP contribution is -3.11. The summed E-state index contributed by atoms with van der Waals surface area (Å²) in [4.78, 5) is 5.48. The van der Waals surface area contributed by atoms with E-state index in [1.165, 1.54) is 18.7 Å². The van der Waals surface area contributed by atoms with Gasteiger partial charge in [0.05, 0.1) is 31.9 Å². The van der Waals surface area contributed by atoms with Crippen molar-refractivity contribution >= 4 is 18.4 Å². The number of benzene rings is 1. The van der Waals surface area contributed by atoms with Gasteiger partial charge < -0.3 is 28.0 Å². The molecular formula is C21H25N5OS. The first-order valence-electron chi connectivity index (χ1n) is 9.19. The molecule has 3 N–H and O–H groups in total. The predicted octanol–water partition coefficient (Wildman–Crippen LogP) is 1.63. The SMILES string of the molecule is CC(C)c1ccc(-c2c(C#N)c(N)nc([S-])c2C#N)cc1.C[NH+]1CCOCC1. The van der Waals surface area contributed by atoms with E-state index >= 15 is 0 Å². The summed E-state index contributed by atoms with van der Waals surface area (Å²) in [5.41, 5.74) is 8.56. The van der Waals surface area contributed by atoms with E-state index in [1.54, 1.807) is 4.90 Å². The maximum absolute atomic E-state index is 9.31. The number of morpholine rings is 1. The molecule has 146 valence electrons. The average Bonchev–Trinajstić information content (AvgIpc) is 2.68. The molecule has 1 saturated heterocycles. The molecule has 2 heterocycles. The molecule has 0 bridgehead atoms. The number of likely N-dealkylation sites (N-methyl/N-ethyl adjacent to an activating group) is 1. The summed E-state index contributed by atoms with van der Waals surface area (Å²) in [6, 6.07) is 11.7. The van der Waals surface area contributed by atoms with Gasteiger partial charge in [-0.2, -0.15) is 10.5 Å². The zero-order valence-corrected chi connectivity index (χ0v) is 17.3. The number of hydrogen-bond donors (Lipinski definition) is 2. The highest BCUT2D eigenvalue weighted by Gasteiger charge is 2.16. The second kappa shape index (κ2) is 10.0. The molecule has 0 spiro atoms. The van der Waals surface area contributed by atoms with Gasteiger partial charge in [0.15, 0.2) is 0 Å². The number of nitrogens with zero attached hydrogens (tertiary/aromatic N) is 3. The number of anilines is 1. The van der Waals surface area contributed by atoms with E-state index in [2.05, 4.69) is 25.9 Å². The Balaban J connectivity index is 0.000000336. The highest BCUT2D eigenvalue weighted by atomic mass is 32.1. The van der Waals surface area contributed by atoms with E-state index < -0.39 is 0 Å². The third-order valence-electron chi connectivity index (χ3n) is 4.63. The Morgan fingerprint density at radius 2 is 1.68 bits per heavy atom. The molecule has 1 aromatic carbocycles. The summed E-state index contributed by atoms with van der Waals surface area (Å²) in [6.45, 7) is 8.46. The number of pyridine rings is 1. The minimum atomic E-state index is 0.0597. The van der Waals surface area contributed by atoms with Gasteiger partial charge in [0.2, 0.25) is 0 Å². The molecule has 2 aromatic rings. The molecule has 7 heteroatoms. The van der Waals surface area contributed by atoms with Crippen LogP contribution in [-0.2, 0) is 17.4 Å². The van der Waals surface area contributed by atoms with Crippen LogP contribution < -0.4 is 10.6 Å². The summed E-state index contributed by atoms with van der Waals surface area (Å²) >= 11 is 5.08. The van der Waals surface area contributed by atoms with Gasteiger partial charge >= 0.3 is 0 Å². The van der Waals surface area contributed by atoms with Crippen LogP contribution in [0.1, 0.15) is 36.5 Å². The summed E-state index contributed by atoms with van der Waals surface area (Å²) in [7, 11) is 2.20. The molecule has 28 heavy (non-hydrogen) atoms. The average molecular weight is 396 g/mol. The molecule has 1 aliphatic heterocycles. The van der Waals surface area contributed by atoms with Crippen LogP contribution in [0.2, 0.25) is 0 Å². The van der Waals surface area contributed by atoms with Gasteiger partial charge in [0, 0.05) is 5.56 Å². The van der Waals surface area contributed by atoms with Crippen molar-refractivity contribution in [1.82, 2.24) is 4.98 Å². The number of aromatic nitrogens is 1. The Bertz CT molecular complexity index is 853. The fraction of sp³-hybridized carbons (Fsp3) is 0.381. The molecule has 0 unspecified atom stereocenters. The first-order chi connectivity index (χ1) is 13.4. The Morgan fingerprint density at radius 3 is 2.11 bits per heavy atom. The minimum Gasteiger partial charge on any atom is -0.759 e. The second-order valence-corrected chi connectivity index (χ2v) is 7.38. The fourth-order valence-electron chi connectivity index (χ4n) is 2.84. The standard InChI is InChI=1S/C16H14N4S.C5H11NO/c1-9(2)10-3-5-11(6-4-10)14-12(7-17)15(19)20-16(21)13(14)8-18;1-6-2-4-7-5-3-6/h3-6,9H,1-2H3,(H3,19,20,21);2-5H2,1H3. The van der Waals surface area contributed by atoms with Crippen molar-refractivity contribution in [2.45, 2.75) is 24.8 Å². The quantitative estimate of drug-likeness (QED) is 0.750. The third-order valence-corrected chi connectivity index (χ3v) is 4.92. The van der Waals surface area contributed by atoms with E-state index in [1.807, 2.05) is 36.4 Å². The zero-order valence-electron chi connectivity index (χ0n) is 16.5. The number of quaternary nitrogens is 1. The molecule has 6 nitrogen and oxygen atoms in total. The molecule has 0 atom stereocenters. The van der Waals surface area contributed by atoms with Crippen LogP contribution in [-0.4, -0.2) is 38.3 Å². The maximum Gasteiger partial charge on any atom is 0.140 e. The van der Waals surface area contributed by atoms with Gasteiger partial charge in [-0.3, -0.25) is 4.98 Å². The van der Waals surface area contributed by atoms with Crippen molar-refractivity contribution < 1.29 is 9.64 Å². The highest BCUT2D eigenvalue weighted by molar-refractivity contribution is 7.58. The molecule has 1 aromatic heterocycles. The normalized spacial score (nSPS) is 13.9. The van der Waals surface area contributed by atoms with Gasteiger partial charge in [-0.15, -0.1) is 0 Å². The lowest BCUT2D eigenvalue weighted by atomic mass is 9.94. The largest absolute Gasteiger partial charge is 0.759 e. The second-order valence-electron chi connectivity index (χ2n) is 7.00. The Kier molecular flexibility index (Phi) is 7.71. The number of nitrogens with two attached hydrogens (primary N) is 1. The first kappa shape index (κ1) is 21.6. The van der Waals surface area contributed by atoms with Crippen LogP contribution in [0.5, 0.6) is 0 Å². The zero-order chi connectivity index (χ0) is 20.7. The van der Waals surface area contributed by atoms with Crippen molar-refractivity contribution in [3.8, 4) is 23.3 Å². The summed E-state index contributed by atoms with van der Waals surface area (Å²) < 4.78 is 5.12. The van der Waals surface area contributed by atoms with E-state index in [0.29, 0.717) is 11.5 Å². The lowest BCUT2D eigenvalue weighted by molar-refractivity contribution is -0.888. The van der Waals surface area contributed by atoms with E-state index in [-0.39, 0.29) is 22.0 Å². The van der Waals surface area contributed by atoms with Gasteiger partial charge in [0.25, 0.3) is 0 Å². The van der Waals surface area contributed by atoms with Crippen LogP contribution in [0.3, 0.4) is 0 Å². The maximum atomic E-state index is 9.31. The monoisotopic (exact) mass is 395 g/mol. The number of nitrogens with one attached hydrogen (secondary N) is 1. The molecule has 3 rings (SSSR count). The number of nitriles is 2. The van der Waals surface area contributed by atoms with E-state index in [0.717, 1.165) is 18.8 Å². The number of ether oxygens (including phenoxy) is 1. The van der Waals surface area contributed by atoms with E-state index in [9.17, 15) is 10.5 Å². The fourth-order valence-corrected chi connectivity index (χ4v) is 3.09. The molecular weight excluding hydrogens is 370 g/mol. The lowest BCUT2D eigenvalue weighted by Gasteiger charge is -2.18. The third kappa shape index (κ3) is 5.17. The Morgan fingerprint density at radius 1 is 1.11 bits per heavy atom. The van der Waals surface area contributed by atoms with Crippen molar-refractivity contribution in [2.24, 2.45) is 0 Å². The number of hydrogen-bond acceptors (Lipinski definition) is 6. The van der Waals surface area contributed by atoms with Crippen LogP contribution >= 0.6 is 0 Å². The molecule has 1 fully saturated rings. The minimum absolute atomic E-state index is 0.0597. The topological polar surface area (TPSA) is 100 Å². The first-order valence-corrected chi connectivity index (χ1v) is 9.59. The van der Waals surface area contributed by atoms with Crippen LogP contribution in [0, 0.1) is 22.7 Å². The molecule has 0 aliphatic carbocycles. The van der Waals surface area contributed by atoms with Crippen molar-refractivity contribution in [2.75, 3.05) is 39.1 Å². The predicted molar refractivity (Wildman–Crippen MR) is 111 cm³/mol. The smallest absolute Gasteiger partial charge is 0.140 e. The van der Waals surface area contributed by atoms with Gasteiger partial charge in [-0.1, -0.05) is 43.1 Å². The molecule has 1 aliphatic rings. The Labute approximate surface area is 172 Å². The molecule has 0 amide bonds. The summed E-state index contributed by atoms with van der Waals surface area (Å²) in [6.07, 6.45) is 0. The summed E-state index contributed by atoms with van der Waals surface area (Å²) in [5, 5.41) is 18.7. The highest BCUT2D eigenvalue weighted by Crippen LogP contribution is 2.32. The van der Waals surface area contributed by atoms with E-state index in [4.69, 9.17) is 23.1 Å². The number of rotatable bonds is 2. The van der Waals surface area contributed by atoms with Gasteiger partial charge in [-0.25, -0.2) is 0 Å². The van der Waals surface area contributed by atoms with Crippen molar-refractivity contribution in [3.63, 3.8) is 0 Å². The van der Waals surface area contributed by atoms with Gasteiger partial charge in [-0.05, 0) is 17.0 Å². The Hall–Kier alpha value is -2.71. The number of nitrogen functional groups attached to an aromatic ring is 1. The van der Waals surface area contributed by atoms with Crippen LogP contribution in [0.15, 0.2) is 29.3 Å².